The third kappa shape index (κ3) is 5.45. The monoisotopic (exact) mass is 586 g/mol. The second-order valence-electron chi connectivity index (χ2n) is 8.13. The Labute approximate surface area is 216 Å². The van der Waals surface area contributed by atoms with Crippen LogP contribution in [0.15, 0.2) is 24.3 Å². The lowest BCUT2D eigenvalue weighted by Crippen LogP contribution is -2.21. The highest BCUT2D eigenvalue weighted by Crippen LogP contribution is 2.40. The first kappa shape index (κ1) is 30.4. The van der Waals surface area contributed by atoms with E-state index in [9.17, 15) is 57.9 Å². The third-order valence-electron chi connectivity index (χ3n) is 5.65. The molecule has 0 radical (unpaired) electrons. The standard InChI is InChI=1S/C25H13F11O4/c1-3-8(2)9-4-6-10(7-5-9)23(37)39-21-17(30)13(26)11(14(27)18(21)31)24(38)40-22-19(32)15(28)12(25(34,35)36)16(29)20(22)33/h4-8H,3H2,1-2H3. The molecule has 0 bridgehead atoms. The second-order valence-corrected chi connectivity index (χ2v) is 8.13. The molecule has 0 saturated carbocycles. The zero-order valence-electron chi connectivity index (χ0n) is 19.9. The summed E-state index contributed by atoms with van der Waals surface area (Å²) in [6.45, 7) is 3.75. The van der Waals surface area contributed by atoms with Gasteiger partial charge in [0.05, 0.1) is 5.56 Å². The molecule has 0 spiro atoms. The van der Waals surface area contributed by atoms with Gasteiger partial charge in [-0.05, 0) is 30.0 Å². The molecule has 3 rings (SSSR count). The van der Waals surface area contributed by atoms with Crippen LogP contribution in [0.1, 0.15) is 58.0 Å². The van der Waals surface area contributed by atoms with E-state index in [0.29, 0.717) is 0 Å². The molecule has 0 amide bonds. The van der Waals surface area contributed by atoms with Crippen LogP contribution in [0.25, 0.3) is 0 Å². The molecule has 1 unspecified atom stereocenters. The van der Waals surface area contributed by atoms with Gasteiger partial charge in [0.15, 0.2) is 23.3 Å². The first-order valence-electron chi connectivity index (χ1n) is 10.9. The number of benzene rings is 3. The van der Waals surface area contributed by atoms with Crippen LogP contribution in [0, 0.1) is 46.5 Å². The van der Waals surface area contributed by atoms with E-state index >= 15 is 0 Å². The first-order chi connectivity index (χ1) is 18.5. The molecule has 40 heavy (non-hydrogen) atoms. The van der Waals surface area contributed by atoms with E-state index in [-0.39, 0.29) is 11.5 Å². The molecule has 3 aromatic carbocycles. The van der Waals surface area contributed by atoms with E-state index in [1.807, 2.05) is 13.8 Å². The number of alkyl halides is 3. The van der Waals surface area contributed by atoms with E-state index in [2.05, 4.69) is 9.47 Å². The molecule has 214 valence electrons. The van der Waals surface area contributed by atoms with E-state index < -0.39 is 87.3 Å². The fourth-order valence-corrected chi connectivity index (χ4v) is 3.31. The minimum Gasteiger partial charge on any atom is -0.416 e. The maximum atomic E-state index is 14.5. The van der Waals surface area contributed by atoms with Gasteiger partial charge in [-0.1, -0.05) is 26.0 Å². The van der Waals surface area contributed by atoms with Crippen LogP contribution in [0.2, 0.25) is 0 Å². The molecule has 0 fully saturated rings. The Morgan fingerprint density at radius 1 is 0.675 bits per heavy atom. The van der Waals surface area contributed by atoms with Gasteiger partial charge >= 0.3 is 18.1 Å². The minimum absolute atomic E-state index is 0.0768. The average molecular weight is 586 g/mol. The summed E-state index contributed by atoms with van der Waals surface area (Å²) in [5.74, 6) is -31.1. The van der Waals surface area contributed by atoms with E-state index in [4.69, 9.17) is 0 Å². The van der Waals surface area contributed by atoms with E-state index in [1.165, 1.54) is 24.3 Å². The van der Waals surface area contributed by atoms with Gasteiger partial charge in [0.25, 0.3) is 0 Å². The van der Waals surface area contributed by atoms with Crippen LogP contribution in [0.5, 0.6) is 11.5 Å². The number of hydrogen-bond acceptors (Lipinski definition) is 4. The van der Waals surface area contributed by atoms with Crippen LogP contribution < -0.4 is 9.47 Å². The van der Waals surface area contributed by atoms with Gasteiger partial charge in [0.1, 0.15) is 11.1 Å². The molecule has 0 N–H and O–H groups in total. The lowest BCUT2D eigenvalue weighted by atomic mass is 9.98. The summed E-state index contributed by atoms with van der Waals surface area (Å²) < 4.78 is 160. The molecular formula is C25H13F11O4. The summed E-state index contributed by atoms with van der Waals surface area (Å²) in [7, 11) is 0. The van der Waals surface area contributed by atoms with Crippen molar-refractivity contribution in [2.75, 3.05) is 0 Å². The van der Waals surface area contributed by atoms with Crippen molar-refractivity contribution < 1.29 is 67.4 Å². The molecule has 0 aliphatic rings. The Hall–Kier alpha value is -4.17. The molecule has 0 saturated heterocycles. The highest BCUT2D eigenvalue weighted by Gasteiger charge is 2.43. The van der Waals surface area contributed by atoms with Crippen molar-refractivity contribution in [2.24, 2.45) is 0 Å². The topological polar surface area (TPSA) is 52.6 Å². The first-order valence-corrected chi connectivity index (χ1v) is 10.9. The summed E-state index contributed by atoms with van der Waals surface area (Å²) in [5, 5.41) is 0. The Morgan fingerprint density at radius 2 is 1.07 bits per heavy atom. The van der Waals surface area contributed by atoms with E-state index in [0.717, 1.165) is 12.0 Å². The number of carbonyl (C=O) groups excluding carboxylic acids is 2. The lowest BCUT2D eigenvalue weighted by molar-refractivity contribution is -0.143. The van der Waals surface area contributed by atoms with Gasteiger partial charge < -0.3 is 9.47 Å². The van der Waals surface area contributed by atoms with Crippen LogP contribution >= 0.6 is 0 Å². The van der Waals surface area contributed by atoms with Crippen molar-refractivity contribution in [3.05, 3.63) is 93.1 Å². The fourth-order valence-electron chi connectivity index (χ4n) is 3.31. The van der Waals surface area contributed by atoms with Gasteiger partial charge in [-0.2, -0.15) is 30.7 Å². The predicted molar refractivity (Wildman–Crippen MR) is 113 cm³/mol. The van der Waals surface area contributed by atoms with Crippen molar-refractivity contribution in [3.8, 4) is 11.5 Å². The Kier molecular flexibility index (Phi) is 8.46. The van der Waals surface area contributed by atoms with Crippen molar-refractivity contribution in [1.29, 1.82) is 0 Å². The molecule has 15 heteroatoms. The largest absolute Gasteiger partial charge is 0.422 e. The van der Waals surface area contributed by atoms with Crippen LogP contribution in [0.4, 0.5) is 48.3 Å². The summed E-state index contributed by atoms with van der Waals surface area (Å²) in [5.41, 5.74) is -4.96. The van der Waals surface area contributed by atoms with Gasteiger partial charge in [-0.25, -0.2) is 27.2 Å². The highest BCUT2D eigenvalue weighted by atomic mass is 19.4. The highest BCUT2D eigenvalue weighted by molar-refractivity contribution is 5.93. The molecule has 4 nitrogen and oxygen atoms in total. The molecule has 3 aromatic rings. The molecule has 0 aliphatic carbocycles. The molecule has 0 heterocycles. The van der Waals surface area contributed by atoms with Crippen molar-refractivity contribution in [3.63, 3.8) is 0 Å². The summed E-state index contributed by atoms with van der Waals surface area (Å²) in [4.78, 5) is 24.4. The van der Waals surface area contributed by atoms with Crippen molar-refractivity contribution >= 4 is 11.9 Å². The minimum atomic E-state index is -5.97. The van der Waals surface area contributed by atoms with Crippen molar-refractivity contribution in [1.82, 2.24) is 0 Å². The predicted octanol–water partition coefficient (Wildman–Crippen LogP) is 7.77. The SMILES string of the molecule is CCC(C)c1ccc(C(=O)Oc2c(F)c(F)c(C(=O)Oc3c(F)c(F)c(C(F)(F)F)c(F)c3F)c(F)c2F)cc1. The number of esters is 2. The van der Waals surface area contributed by atoms with Crippen LogP contribution in [-0.2, 0) is 6.18 Å². The Bertz CT molecular complexity index is 1440. The van der Waals surface area contributed by atoms with Gasteiger partial charge in [0.2, 0.25) is 34.8 Å². The smallest absolute Gasteiger partial charge is 0.416 e. The quantitative estimate of drug-likeness (QED) is 0.128. The average Bonchev–Trinajstić information content (AvgIpc) is 2.90. The Morgan fingerprint density at radius 3 is 1.48 bits per heavy atom. The molecular weight excluding hydrogens is 573 g/mol. The fraction of sp³-hybridized carbons (Fsp3) is 0.200. The third-order valence-corrected chi connectivity index (χ3v) is 5.65. The summed E-state index contributed by atoms with van der Waals surface area (Å²) >= 11 is 0. The maximum Gasteiger partial charge on any atom is 0.422 e. The number of halogens is 11. The van der Waals surface area contributed by atoms with E-state index in [1.54, 1.807) is 0 Å². The maximum absolute atomic E-state index is 14.5. The Balaban J connectivity index is 1.98. The number of rotatable bonds is 6. The normalized spacial score (nSPS) is 12.3. The van der Waals surface area contributed by atoms with Crippen LogP contribution in [-0.4, -0.2) is 11.9 Å². The zero-order valence-corrected chi connectivity index (χ0v) is 19.9. The van der Waals surface area contributed by atoms with Crippen LogP contribution in [0.3, 0.4) is 0 Å². The molecule has 1 atom stereocenters. The zero-order chi connectivity index (χ0) is 30.3. The summed E-state index contributed by atoms with van der Waals surface area (Å²) in [6.07, 6.45) is -5.23. The van der Waals surface area contributed by atoms with Gasteiger partial charge in [-0.3, -0.25) is 0 Å². The second kappa shape index (κ2) is 11.1. The summed E-state index contributed by atoms with van der Waals surface area (Å²) in [6, 6.07) is 5.32. The molecule has 0 aromatic heterocycles. The number of ether oxygens (including phenoxy) is 2. The number of carbonyl (C=O) groups is 2. The van der Waals surface area contributed by atoms with Crippen molar-refractivity contribution in [2.45, 2.75) is 32.4 Å². The van der Waals surface area contributed by atoms with Gasteiger partial charge in [0, 0.05) is 0 Å². The lowest BCUT2D eigenvalue weighted by Gasteiger charge is -2.15. The number of hydrogen-bond donors (Lipinski definition) is 0. The molecule has 0 aliphatic heterocycles. The van der Waals surface area contributed by atoms with Gasteiger partial charge in [-0.15, -0.1) is 0 Å².